The van der Waals surface area contributed by atoms with Gasteiger partial charge in [-0.25, -0.2) is 0 Å². The fourth-order valence-corrected chi connectivity index (χ4v) is 2.28. The molecule has 1 aliphatic rings. The highest BCUT2D eigenvalue weighted by Gasteiger charge is 2.29. The molecule has 0 amide bonds. The fourth-order valence-electron chi connectivity index (χ4n) is 2.28. The molecule has 0 aromatic carbocycles. The molecule has 0 N–H and O–H groups in total. The zero-order valence-electron chi connectivity index (χ0n) is 27.0. The molecule has 3 unspecified atom stereocenters. The summed E-state index contributed by atoms with van der Waals surface area (Å²) in [7, 11) is 0. The molecular weight excluding hydrogens is 384 g/mol. The lowest BCUT2D eigenvalue weighted by Gasteiger charge is -2.02. The van der Waals surface area contributed by atoms with Gasteiger partial charge in [-0.3, -0.25) is 0 Å². The normalized spacial score (nSPS) is 15.8. The van der Waals surface area contributed by atoms with Gasteiger partial charge in [0.25, 0.3) is 0 Å². The highest BCUT2D eigenvalue weighted by Crippen LogP contribution is 2.39. The van der Waals surface area contributed by atoms with Crippen LogP contribution in [0.4, 0.5) is 0 Å². The van der Waals surface area contributed by atoms with Crippen molar-refractivity contribution in [1.29, 1.82) is 0 Å². The SMILES string of the molecule is CC.CC.CCC.CCC(C)C.CCC1CC1C.CCCC(C)CC.CCCCC(C)C. The van der Waals surface area contributed by atoms with E-state index in [1.54, 1.807) is 0 Å². The Labute approximate surface area is 211 Å². The first-order valence-electron chi connectivity index (χ1n) is 15.1. The van der Waals surface area contributed by atoms with Crippen LogP contribution >= 0.6 is 0 Å². The van der Waals surface area contributed by atoms with Crippen LogP contribution in [0.2, 0.25) is 0 Å². The Morgan fingerprint density at radius 1 is 0.625 bits per heavy atom. The van der Waals surface area contributed by atoms with E-state index in [1.807, 2.05) is 27.7 Å². The van der Waals surface area contributed by atoms with Gasteiger partial charge in [-0.1, -0.05) is 175 Å². The second-order valence-corrected chi connectivity index (χ2v) is 9.73. The van der Waals surface area contributed by atoms with Crippen LogP contribution < -0.4 is 0 Å². The number of unbranched alkanes of at least 4 members (excludes halogenated alkanes) is 1. The molecule has 0 heteroatoms. The molecule has 32 heavy (non-hydrogen) atoms. The molecule has 1 rings (SSSR count). The van der Waals surface area contributed by atoms with Crippen LogP contribution in [0, 0.1) is 29.6 Å². The van der Waals surface area contributed by atoms with E-state index in [9.17, 15) is 0 Å². The van der Waals surface area contributed by atoms with E-state index >= 15 is 0 Å². The third-order valence-corrected chi connectivity index (χ3v) is 5.23. The Balaban J connectivity index is -0.0000000646. The van der Waals surface area contributed by atoms with Gasteiger partial charge in [-0.2, -0.15) is 0 Å². The Morgan fingerprint density at radius 2 is 1.00 bits per heavy atom. The third kappa shape index (κ3) is 69.9. The smallest absolute Gasteiger partial charge is 0.0388 e. The number of hydrogen-bond donors (Lipinski definition) is 0. The quantitative estimate of drug-likeness (QED) is 0.337. The molecule has 0 bridgehead atoms. The van der Waals surface area contributed by atoms with E-state index in [2.05, 4.69) is 90.0 Å². The first-order valence-corrected chi connectivity index (χ1v) is 15.1. The first kappa shape index (κ1) is 45.5. The molecule has 0 radical (unpaired) electrons. The van der Waals surface area contributed by atoms with Gasteiger partial charge in [0.05, 0.1) is 0 Å². The van der Waals surface area contributed by atoms with Gasteiger partial charge in [0.15, 0.2) is 0 Å². The predicted octanol–water partition coefficient (Wildman–Crippen LogP) is 13.2. The van der Waals surface area contributed by atoms with Crippen molar-refractivity contribution in [3.05, 3.63) is 0 Å². The van der Waals surface area contributed by atoms with Gasteiger partial charge in [0.2, 0.25) is 0 Å². The Hall–Kier alpha value is 0. The lowest BCUT2D eigenvalue weighted by molar-refractivity contribution is 0.509. The number of rotatable bonds is 8. The van der Waals surface area contributed by atoms with Crippen molar-refractivity contribution in [2.75, 3.05) is 0 Å². The van der Waals surface area contributed by atoms with Crippen LogP contribution in [0.1, 0.15) is 182 Å². The van der Waals surface area contributed by atoms with E-state index in [4.69, 9.17) is 0 Å². The maximum absolute atomic E-state index is 2.33. The molecule has 204 valence electrons. The lowest BCUT2D eigenvalue weighted by atomic mass is 10.0. The van der Waals surface area contributed by atoms with Crippen molar-refractivity contribution in [3.63, 3.8) is 0 Å². The minimum absolute atomic E-state index is 0.884. The molecule has 0 aromatic heterocycles. The topological polar surface area (TPSA) is 0 Å². The predicted molar refractivity (Wildman–Crippen MR) is 160 cm³/mol. The van der Waals surface area contributed by atoms with E-state index in [0.29, 0.717) is 0 Å². The first-order chi connectivity index (χ1) is 15.1. The Morgan fingerprint density at radius 3 is 1.06 bits per heavy atom. The molecule has 3 atom stereocenters. The van der Waals surface area contributed by atoms with E-state index < -0.39 is 0 Å². The Kier molecular flexibility index (Phi) is 63.5. The summed E-state index contributed by atoms with van der Waals surface area (Å²) in [6.07, 6.45) is 13.7. The summed E-state index contributed by atoms with van der Waals surface area (Å²) in [5, 5.41) is 0. The molecule has 0 aromatic rings. The zero-order chi connectivity index (χ0) is 27.0. The third-order valence-electron chi connectivity index (χ3n) is 5.23. The molecule has 1 aliphatic carbocycles. The van der Waals surface area contributed by atoms with E-state index in [1.165, 1.54) is 64.2 Å². The van der Waals surface area contributed by atoms with E-state index in [-0.39, 0.29) is 0 Å². The van der Waals surface area contributed by atoms with Crippen molar-refractivity contribution in [2.24, 2.45) is 29.6 Å². The van der Waals surface area contributed by atoms with Crippen LogP contribution in [-0.4, -0.2) is 0 Å². The molecular formula is C32H76. The standard InChI is InChI=1S/2C7H16.C6H12.C5H12.C3H8.2C2H6/c1-4-5-6-7(2)3;1-4-6-7(3)5-2;1-3-6-4-5(6)2;1-4-5(2)3;1-3-2;2*1-2/h2*7H,4-6H2,1-3H3;5-6H,3-4H2,1-2H3;5H,4H2,1-3H3;3H2,1-2H3;2*1-2H3. The summed E-state index contributed by atoms with van der Waals surface area (Å²) in [4.78, 5) is 0. The molecule has 1 saturated carbocycles. The molecule has 0 spiro atoms. The maximum atomic E-state index is 2.33. The summed E-state index contributed by atoms with van der Waals surface area (Å²) < 4.78 is 0. The second kappa shape index (κ2) is 44.6. The molecule has 0 heterocycles. The average molecular weight is 461 g/mol. The van der Waals surface area contributed by atoms with Gasteiger partial charge >= 0.3 is 0 Å². The second-order valence-electron chi connectivity index (χ2n) is 9.73. The monoisotopic (exact) mass is 461 g/mol. The highest BCUT2D eigenvalue weighted by molar-refractivity contribution is 4.80. The molecule has 0 saturated heterocycles. The van der Waals surface area contributed by atoms with Crippen LogP contribution in [0.5, 0.6) is 0 Å². The largest absolute Gasteiger partial charge is 0.0683 e. The Bertz CT molecular complexity index is 226. The van der Waals surface area contributed by atoms with Crippen molar-refractivity contribution < 1.29 is 0 Å². The summed E-state index contributed by atoms with van der Waals surface area (Å²) in [6, 6.07) is 0. The van der Waals surface area contributed by atoms with Gasteiger partial charge in [-0.05, 0) is 36.0 Å². The van der Waals surface area contributed by atoms with Gasteiger partial charge in [-0.15, -0.1) is 0 Å². The van der Waals surface area contributed by atoms with Gasteiger partial charge in [0, 0.05) is 0 Å². The summed E-state index contributed by atoms with van der Waals surface area (Å²) in [5.74, 6) is 4.90. The molecule has 0 nitrogen and oxygen atoms in total. The minimum atomic E-state index is 0.884. The highest BCUT2D eigenvalue weighted by atomic mass is 14.3. The fraction of sp³-hybridized carbons (Fsp3) is 1.00. The van der Waals surface area contributed by atoms with Crippen LogP contribution in [-0.2, 0) is 0 Å². The molecule has 0 aliphatic heterocycles. The van der Waals surface area contributed by atoms with Crippen LogP contribution in [0.3, 0.4) is 0 Å². The summed E-state index contributed by atoms with van der Waals surface area (Å²) in [5.41, 5.74) is 0. The molecule has 1 fully saturated rings. The average Bonchev–Trinajstić information content (AvgIpc) is 3.52. The zero-order valence-corrected chi connectivity index (χ0v) is 27.0. The van der Waals surface area contributed by atoms with Crippen molar-refractivity contribution in [3.8, 4) is 0 Å². The van der Waals surface area contributed by atoms with Crippen LogP contribution in [0.15, 0.2) is 0 Å². The summed E-state index contributed by atoms with van der Waals surface area (Å²) >= 11 is 0. The minimum Gasteiger partial charge on any atom is -0.0683 e. The van der Waals surface area contributed by atoms with Gasteiger partial charge < -0.3 is 0 Å². The van der Waals surface area contributed by atoms with Crippen molar-refractivity contribution in [2.45, 2.75) is 182 Å². The van der Waals surface area contributed by atoms with Gasteiger partial charge in [0.1, 0.15) is 0 Å². The maximum Gasteiger partial charge on any atom is -0.0388 e. The number of hydrogen-bond acceptors (Lipinski definition) is 0. The lowest BCUT2D eigenvalue weighted by Crippen LogP contribution is -1.88. The van der Waals surface area contributed by atoms with Crippen LogP contribution in [0.25, 0.3) is 0 Å². The van der Waals surface area contributed by atoms with E-state index in [0.717, 1.165) is 29.6 Å². The van der Waals surface area contributed by atoms with Crippen molar-refractivity contribution in [1.82, 2.24) is 0 Å². The van der Waals surface area contributed by atoms with Crippen molar-refractivity contribution >= 4 is 0 Å². The summed E-state index contributed by atoms with van der Waals surface area (Å²) in [6.45, 7) is 37.1.